The molecule has 1 heterocycles. The van der Waals surface area contributed by atoms with Crippen LogP contribution < -0.4 is 10.0 Å². The van der Waals surface area contributed by atoms with Crippen LogP contribution in [0.5, 0.6) is 0 Å². The van der Waals surface area contributed by atoms with Crippen molar-refractivity contribution in [2.75, 3.05) is 17.5 Å². The molecule has 0 aliphatic carbocycles. The van der Waals surface area contributed by atoms with Gasteiger partial charge in [-0.2, -0.15) is 0 Å². The lowest BCUT2D eigenvalue weighted by Crippen LogP contribution is -2.26. The number of hydrogen-bond acceptors (Lipinski definition) is 6. The van der Waals surface area contributed by atoms with Crippen molar-refractivity contribution in [3.63, 3.8) is 0 Å². The molecule has 1 unspecified atom stereocenters. The molecule has 0 fully saturated rings. The van der Waals surface area contributed by atoms with Gasteiger partial charge in [-0.25, -0.2) is 13.4 Å². The van der Waals surface area contributed by atoms with Gasteiger partial charge in [0.1, 0.15) is 0 Å². The van der Waals surface area contributed by atoms with Gasteiger partial charge in [0, 0.05) is 11.9 Å². The number of aromatic nitrogens is 1. The average molecular weight is 321 g/mol. The molecular formula is C11H19N3O4S2. The standard InChI is InChI=1S/C11H19N3O4S2/c1-8(15)4-3-5-12-10(16)6-9-7-19-11(13-9)14-20(2,17)18/h7-8,15H,3-6H2,1-2H3,(H,12,16)(H,13,14). The number of anilines is 1. The number of nitrogens with zero attached hydrogens (tertiary/aromatic N) is 1. The highest BCUT2D eigenvalue weighted by molar-refractivity contribution is 7.92. The van der Waals surface area contributed by atoms with E-state index < -0.39 is 10.0 Å². The fourth-order valence-electron chi connectivity index (χ4n) is 1.45. The lowest BCUT2D eigenvalue weighted by Gasteiger charge is -2.05. The first-order chi connectivity index (χ1) is 9.26. The summed E-state index contributed by atoms with van der Waals surface area (Å²) >= 11 is 1.14. The zero-order chi connectivity index (χ0) is 15.2. The first-order valence-corrected chi connectivity index (χ1v) is 8.90. The van der Waals surface area contributed by atoms with Gasteiger partial charge in [-0.3, -0.25) is 9.52 Å². The van der Waals surface area contributed by atoms with Crippen molar-refractivity contribution in [1.82, 2.24) is 10.3 Å². The van der Waals surface area contributed by atoms with E-state index >= 15 is 0 Å². The summed E-state index contributed by atoms with van der Waals surface area (Å²) in [5.74, 6) is -0.174. The van der Waals surface area contributed by atoms with Crippen molar-refractivity contribution in [2.45, 2.75) is 32.3 Å². The number of hydrogen-bond donors (Lipinski definition) is 3. The van der Waals surface area contributed by atoms with E-state index in [1.807, 2.05) is 0 Å². The van der Waals surface area contributed by atoms with Gasteiger partial charge in [0.25, 0.3) is 0 Å². The van der Waals surface area contributed by atoms with E-state index in [1.54, 1.807) is 12.3 Å². The molecular weight excluding hydrogens is 302 g/mol. The molecule has 7 nitrogen and oxygen atoms in total. The number of aliphatic hydroxyl groups excluding tert-OH is 1. The molecule has 0 aliphatic rings. The molecule has 114 valence electrons. The molecule has 20 heavy (non-hydrogen) atoms. The van der Waals surface area contributed by atoms with Gasteiger partial charge in [0.2, 0.25) is 15.9 Å². The van der Waals surface area contributed by atoms with Gasteiger partial charge in [-0.15, -0.1) is 11.3 Å². The minimum absolute atomic E-state index is 0.108. The molecule has 0 saturated heterocycles. The van der Waals surface area contributed by atoms with E-state index in [4.69, 9.17) is 5.11 Å². The molecule has 0 aromatic carbocycles. The fourth-order valence-corrected chi connectivity index (χ4v) is 3.01. The van der Waals surface area contributed by atoms with Crippen molar-refractivity contribution in [1.29, 1.82) is 0 Å². The fraction of sp³-hybridized carbons (Fsp3) is 0.636. The number of amides is 1. The third-order valence-corrected chi connectivity index (χ3v) is 3.79. The smallest absolute Gasteiger partial charge is 0.231 e. The lowest BCUT2D eigenvalue weighted by molar-refractivity contribution is -0.120. The minimum Gasteiger partial charge on any atom is -0.393 e. The van der Waals surface area contributed by atoms with Crippen LogP contribution in [0, 0.1) is 0 Å². The Bertz CT molecular complexity index is 540. The Balaban J connectivity index is 2.35. The summed E-state index contributed by atoms with van der Waals surface area (Å²) in [6, 6.07) is 0. The Kier molecular flexibility index (Phi) is 6.37. The lowest BCUT2D eigenvalue weighted by atomic mass is 10.2. The van der Waals surface area contributed by atoms with Gasteiger partial charge in [0.05, 0.1) is 24.5 Å². The molecule has 1 amide bonds. The van der Waals surface area contributed by atoms with Crippen LogP contribution in [-0.4, -0.2) is 43.3 Å². The molecule has 1 aromatic rings. The first-order valence-electron chi connectivity index (χ1n) is 6.13. The summed E-state index contributed by atoms with van der Waals surface area (Å²) in [6.07, 6.45) is 2.13. The SMILES string of the molecule is CC(O)CCCNC(=O)Cc1csc(NS(C)(=O)=O)n1. The highest BCUT2D eigenvalue weighted by Gasteiger charge is 2.10. The average Bonchev–Trinajstić information content (AvgIpc) is 2.69. The largest absolute Gasteiger partial charge is 0.393 e. The van der Waals surface area contributed by atoms with Gasteiger partial charge >= 0.3 is 0 Å². The van der Waals surface area contributed by atoms with Crippen molar-refractivity contribution in [2.24, 2.45) is 0 Å². The Morgan fingerprint density at radius 3 is 2.85 bits per heavy atom. The van der Waals surface area contributed by atoms with Crippen molar-refractivity contribution in [3.8, 4) is 0 Å². The predicted octanol–water partition coefficient (Wildman–Crippen LogP) is 0.334. The second kappa shape index (κ2) is 7.55. The number of rotatable bonds is 8. The summed E-state index contributed by atoms with van der Waals surface area (Å²) in [7, 11) is -3.34. The Morgan fingerprint density at radius 2 is 2.25 bits per heavy atom. The molecule has 0 saturated carbocycles. The molecule has 3 N–H and O–H groups in total. The van der Waals surface area contributed by atoms with E-state index in [2.05, 4.69) is 15.0 Å². The molecule has 1 aromatic heterocycles. The van der Waals surface area contributed by atoms with Crippen LogP contribution >= 0.6 is 11.3 Å². The van der Waals surface area contributed by atoms with Crippen LogP contribution in [0.25, 0.3) is 0 Å². The van der Waals surface area contributed by atoms with E-state index in [1.165, 1.54) is 0 Å². The summed E-state index contributed by atoms with van der Waals surface area (Å²) in [5, 5.41) is 13.7. The van der Waals surface area contributed by atoms with E-state index in [-0.39, 0.29) is 23.6 Å². The van der Waals surface area contributed by atoms with Crippen LogP contribution in [0.1, 0.15) is 25.5 Å². The second-order valence-electron chi connectivity index (χ2n) is 4.54. The number of sulfonamides is 1. The first kappa shape index (κ1) is 16.9. The van der Waals surface area contributed by atoms with Gasteiger partial charge in [0.15, 0.2) is 5.13 Å². The Labute approximate surface area is 122 Å². The summed E-state index contributed by atoms with van der Waals surface area (Å²) in [4.78, 5) is 15.6. The van der Waals surface area contributed by atoms with E-state index in [0.717, 1.165) is 17.6 Å². The van der Waals surface area contributed by atoms with E-state index in [9.17, 15) is 13.2 Å². The van der Waals surface area contributed by atoms with Gasteiger partial charge in [-0.1, -0.05) is 0 Å². The molecule has 0 aliphatic heterocycles. The molecule has 1 atom stereocenters. The number of carbonyl (C=O) groups excluding carboxylic acids is 1. The number of carbonyl (C=O) groups is 1. The predicted molar refractivity (Wildman–Crippen MR) is 78.2 cm³/mol. The summed E-state index contributed by atoms with van der Waals surface area (Å²) in [5.41, 5.74) is 0.522. The van der Waals surface area contributed by atoms with Gasteiger partial charge < -0.3 is 10.4 Å². The topological polar surface area (TPSA) is 108 Å². The van der Waals surface area contributed by atoms with Crippen LogP contribution in [0.3, 0.4) is 0 Å². The third-order valence-electron chi connectivity index (χ3n) is 2.29. The summed E-state index contributed by atoms with van der Waals surface area (Å²) in [6.45, 7) is 2.20. The third kappa shape index (κ3) is 7.41. The van der Waals surface area contributed by atoms with Crippen LogP contribution in [0.2, 0.25) is 0 Å². The highest BCUT2D eigenvalue weighted by atomic mass is 32.2. The normalized spacial score (nSPS) is 12.9. The second-order valence-corrected chi connectivity index (χ2v) is 7.14. The number of aliphatic hydroxyl groups is 1. The quantitative estimate of drug-likeness (QED) is 0.598. The highest BCUT2D eigenvalue weighted by Crippen LogP contribution is 2.16. The molecule has 9 heteroatoms. The maximum atomic E-state index is 11.6. The van der Waals surface area contributed by atoms with Crippen molar-refractivity contribution < 1.29 is 18.3 Å². The van der Waals surface area contributed by atoms with E-state index in [0.29, 0.717) is 25.1 Å². The van der Waals surface area contributed by atoms with Crippen molar-refractivity contribution >= 4 is 32.4 Å². The molecule has 0 spiro atoms. The maximum absolute atomic E-state index is 11.6. The maximum Gasteiger partial charge on any atom is 0.231 e. The molecule has 0 radical (unpaired) electrons. The summed E-state index contributed by atoms with van der Waals surface area (Å²) < 4.78 is 24.3. The van der Waals surface area contributed by atoms with Gasteiger partial charge in [-0.05, 0) is 19.8 Å². The van der Waals surface area contributed by atoms with Crippen LogP contribution in [0.15, 0.2) is 5.38 Å². The van der Waals surface area contributed by atoms with Crippen LogP contribution in [0.4, 0.5) is 5.13 Å². The number of thiazole rings is 1. The molecule has 1 rings (SSSR count). The van der Waals surface area contributed by atoms with Crippen molar-refractivity contribution in [3.05, 3.63) is 11.1 Å². The number of nitrogens with one attached hydrogen (secondary N) is 2. The van der Waals surface area contributed by atoms with Crippen LogP contribution in [-0.2, 0) is 21.2 Å². The minimum atomic E-state index is -3.34. The zero-order valence-electron chi connectivity index (χ0n) is 11.4. The Hall–Kier alpha value is -1.19. The Morgan fingerprint density at radius 1 is 1.55 bits per heavy atom. The zero-order valence-corrected chi connectivity index (χ0v) is 13.1. The monoisotopic (exact) mass is 321 g/mol. The molecule has 0 bridgehead atoms.